The van der Waals surface area contributed by atoms with Gasteiger partial charge < -0.3 is 50.5 Å². The Morgan fingerprint density at radius 2 is 1.53 bits per heavy atom. The van der Waals surface area contributed by atoms with Crippen LogP contribution in [0, 0.1) is 5.82 Å². The Labute approximate surface area is 441 Å². The fourth-order valence-corrected chi connectivity index (χ4v) is 11.3. The average Bonchev–Trinajstić information content (AvgIpc) is 4.04. The number of nitrogens with one attached hydrogen (secondary N) is 6. The van der Waals surface area contributed by atoms with Crippen molar-refractivity contribution in [3.8, 4) is 11.4 Å². The number of benzene rings is 2. The molecular formula is C52H60FN9O14Si. The molecule has 3 aliphatic heterocycles. The first kappa shape index (κ1) is 56.6. The molecule has 8 amide bonds. The Kier molecular flexibility index (Phi) is 18.1. The number of carbonyl (C=O) groups is 9. The summed E-state index contributed by atoms with van der Waals surface area (Å²) in [6, 6.07) is 11.8. The number of imide groups is 1. The first-order valence-electron chi connectivity index (χ1n) is 25.0. The number of aliphatic hydroxyl groups is 1. The number of unbranched alkanes of at least 4 members (excludes halogenated alkanes) is 2. The van der Waals surface area contributed by atoms with Crippen molar-refractivity contribution in [1.82, 2.24) is 41.0 Å². The zero-order valence-electron chi connectivity index (χ0n) is 42.9. The lowest BCUT2D eigenvalue weighted by atomic mass is 9.86. The van der Waals surface area contributed by atoms with Crippen molar-refractivity contribution in [3.63, 3.8) is 0 Å². The van der Waals surface area contributed by atoms with Gasteiger partial charge >= 0.3 is 12.1 Å². The van der Waals surface area contributed by atoms with E-state index in [-0.39, 0.29) is 93.0 Å². The molecule has 0 spiro atoms. The highest BCUT2D eigenvalue weighted by Crippen LogP contribution is 2.39. The third-order valence-electron chi connectivity index (χ3n) is 13.0. The lowest BCUT2D eigenvalue weighted by Crippen LogP contribution is -2.52. The average molecular weight is 1080 g/mol. The number of fused-ring (bicyclic) bond motifs is 5. The lowest BCUT2D eigenvalue weighted by molar-refractivity contribution is -0.172. The van der Waals surface area contributed by atoms with Gasteiger partial charge in [-0.3, -0.25) is 48.6 Å². The predicted molar refractivity (Wildman–Crippen MR) is 277 cm³/mol. The Balaban J connectivity index is 0.833. The van der Waals surface area contributed by atoms with Crippen LogP contribution in [0.1, 0.15) is 61.3 Å². The van der Waals surface area contributed by atoms with Crippen LogP contribution in [-0.2, 0) is 77.7 Å². The molecule has 0 saturated heterocycles. The van der Waals surface area contributed by atoms with E-state index in [0.29, 0.717) is 41.6 Å². The molecule has 7 N–H and O–H groups in total. The Morgan fingerprint density at radius 1 is 0.844 bits per heavy atom. The second-order valence-electron chi connectivity index (χ2n) is 19.5. The first-order chi connectivity index (χ1) is 36.7. The number of amides is 8. The van der Waals surface area contributed by atoms with Crippen LogP contribution in [0.2, 0.25) is 19.6 Å². The molecule has 408 valence electrons. The van der Waals surface area contributed by atoms with Gasteiger partial charge in [0, 0.05) is 48.6 Å². The van der Waals surface area contributed by atoms with E-state index in [0.717, 1.165) is 15.7 Å². The fourth-order valence-electron chi connectivity index (χ4n) is 9.15. The van der Waals surface area contributed by atoms with Gasteiger partial charge in [-0.15, -0.1) is 0 Å². The van der Waals surface area contributed by atoms with Gasteiger partial charge in [0.15, 0.2) is 5.60 Å². The SMILES string of the molecule is CC[C@@]1(O)C(=O)OCc2c1cc1n(c2=O)Cc2c-1nc1cc(F)c(NC(=O)OCCOCNC(=O)CNC(=O)[C@H](Cc3ccccc3)NC(=O)CNC(=O)CNC(=O)CCCCCN3C(=O)C=CC3=O)cc1c2[Si](C)(C)C. The van der Waals surface area contributed by atoms with Crippen molar-refractivity contribution in [2.75, 3.05) is 51.4 Å². The standard InChI is InChI=1S/C52H60FN9O14Si/c1-5-52(73)34-22-39-46-32(27-62(39)49(70)33(34)28-76-50(52)71)47(77(2,3)4)31-21-37(35(53)23-36(31)59-46)60-51(72)75-19-18-74-29-57-42(65)25-56-48(69)38(20-30-12-8-6-9-13-30)58-43(66)26-55-41(64)24-54-40(63)14-10-7-11-17-61-44(67)15-16-45(61)68/h6,8-9,12-13,15-16,21-23,38,73H,5,7,10-11,14,17-20,24-29H2,1-4H3,(H,54,63)(H,55,64)(H,56,69)(H,57,65)(H,58,66)(H,60,72)/t38-,52-/m0/s1. The van der Waals surface area contributed by atoms with E-state index < -0.39 is 92.3 Å². The monoisotopic (exact) mass is 1080 g/mol. The number of hydrogen-bond acceptors (Lipinski definition) is 15. The van der Waals surface area contributed by atoms with Gasteiger partial charge in [0.05, 0.1) is 69.0 Å². The molecule has 2 aromatic carbocycles. The van der Waals surface area contributed by atoms with E-state index in [2.05, 4.69) is 51.5 Å². The molecule has 0 bridgehead atoms. The summed E-state index contributed by atoms with van der Waals surface area (Å²) < 4.78 is 33.0. The Hall–Kier alpha value is -8.16. The van der Waals surface area contributed by atoms with Crippen molar-refractivity contribution >= 4 is 83.3 Å². The van der Waals surface area contributed by atoms with Gasteiger partial charge in [0.2, 0.25) is 29.5 Å². The molecular weight excluding hydrogens is 1020 g/mol. The molecule has 2 aromatic heterocycles. The smallest absolute Gasteiger partial charge is 0.411 e. The summed E-state index contributed by atoms with van der Waals surface area (Å²) in [6.07, 6.45) is 3.09. The maximum absolute atomic E-state index is 15.7. The van der Waals surface area contributed by atoms with Gasteiger partial charge in [0.1, 0.15) is 31.8 Å². The molecule has 0 radical (unpaired) electrons. The zero-order chi connectivity index (χ0) is 55.6. The molecule has 25 heteroatoms. The molecule has 0 fully saturated rings. The van der Waals surface area contributed by atoms with Crippen molar-refractivity contribution in [3.05, 3.63) is 99.1 Å². The van der Waals surface area contributed by atoms with E-state index >= 15 is 4.39 Å². The number of nitrogens with zero attached hydrogens (tertiary/aromatic N) is 3. The van der Waals surface area contributed by atoms with Crippen LogP contribution in [0.15, 0.2) is 65.5 Å². The van der Waals surface area contributed by atoms with Crippen LogP contribution in [0.3, 0.4) is 0 Å². The normalized spacial score (nSPS) is 15.7. The van der Waals surface area contributed by atoms with Gasteiger partial charge in [-0.2, -0.15) is 0 Å². The minimum Gasteiger partial charge on any atom is -0.458 e. The molecule has 23 nitrogen and oxygen atoms in total. The van der Waals surface area contributed by atoms with Gasteiger partial charge in [-0.25, -0.2) is 19.0 Å². The quantitative estimate of drug-likeness (QED) is 0.0149. The second kappa shape index (κ2) is 24.7. The number of pyridine rings is 2. The number of cyclic esters (lactones) is 1. The third-order valence-corrected chi connectivity index (χ3v) is 15.1. The number of aromatic nitrogens is 2. The molecule has 77 heavy (non-hydrogen) atoms. The van der Waals surface area contributed by atoms with E-state index in [1.54, 1.807) is 43.3 Å². The highest BCUT2D eigenvalue weighted by atomic mass is 28.3. The van der Waals surface area contributed by atoms with Gasteiger partial charge in [-0.05, 0) is 47.7 Å². The second-order valence-corrected chi connectivity index (χ2v) is 24.5. The van der Waals surface area contributed by atoms with E-state index in [9.17, 15) is 53.1 Å². The summed E-state index contributed by atoms with van der Waals surface area (Å²) in [5.74, 6) is -5.53. The minimum atomic E-state index is -2.33. The fraction of sp³-hybridized carbons (Fsp3) is 0.404. The topological polar surface area (TPSA) is 312 Å². The number of halogens is 1. The number of ether oxygens (including phenoxy) is 3. The lowest BCUT2D eigenvalue weighted by Gasteiger charge is -2.31. The number of carbonyl (C=O) groups excluding carboxylic acids is 9. The molecule has 3 aliphatic rings. The summed E-state index contributed by atoms with van der Waals surface area (Å²) in [5, 5.41) is 27.5. The van der Waals surface area contributed by atoms with Crippen LogP contribution in [0.5, 0.6) is 0 Å². The van der Waals surface area contributed by atoms with E-state index in [4.69, 9.17) is 19.2 Å². The summed E-state index contributed by atoms with van der Waals surface area (Å²) >= 11 is 0. The zero-order valence-corrected chi connectivity index (χ0v) is 43.9. The van der Waals surface area contributed by atoms with Crippen molar-refractivity contribution in [2.45, 2.75) is 89.9 Å². The third kappa shape index (κ3) is 13.6. The van der Waals surface area contributed by atoms with Gasteiger partial charge in [0.25, 0.3) is 17.4 Å². The Morgan fingerprint density at radius 3 is 2.25 bits per heavy atom. The van der Waals surface area contributed by atoms with Crippen molar-refractivity contribution in [1.29, 1.82) is 0 Å². The van der Waals surface area contributed by atoms with Crippen LogP contribution >= 0.6 is 0 Å². The number of hydrogen-bond donors (Lipinski definition) is 7. The van der Waals surface area contributed by atoms with Crippen molar-refractivity contribution in [2.24, 2.45) is 0 Å². The highest BCUT2D eigenvalue weighted by Gasteiger charge is 2.46. The maximum Gasteiger partial charge on any atom is 0.411 e. The van der Waals surface area contributed by atoms with Crippen LogP contribution < -0.4 is 42.6 Å². The molecule has 7 rings (SSSR count). The molecule has 5 heterocycles. The molecule has 4 aromatic rings. The van der Waals surface area contributed by atoms with Gasteiger partial charge in [-0.1, -0.05) is 63.3 Å². The summed E-state index contributed by atoms with van der Waals surface area (Å²) in [4.78, 5) is 132. The van der Waals surface area contributed by atoms with Crippen LogP contribution in [0.25, 0.3) is 22.3 Å². The van der Waals surface area contributed by atoms with Crippen molar-refractivity contribution < 1.29 is 66.9 Å². The molecule has 0 saturated carbocycles. The number of rotatable bonds is 24. The number of esters is 1. The molecule has 0 unspecified atom stereocenters. The van der Waals surface area contributed by atoms with E-state index in [1.807, 2.05) is 0 Å². The van der Waals surface area contributed by atoms with Crippen LogP contribution in [-0.4, -0.2) is 133 Å². The maximum atomic E-state index is 15.7. The number of anilines is 1. The highest BCUT2D eigenvalue weighted by molar-refractivity contribution is 6.90. The first-order valence-corrected chi connectivity index (χ1v) is 28.5. The Bertz CT molecular complexity index is 3090. The summed E-state index contributed by atoms with van der Waals surface area (Å²) in [7, 11) is -2.33. The molecule has 0 aliphatic carbocycles. The largest absolute Gasteiger partial charge is 0.458 e. The summed E-state index contributed by atoms with van der Waals surface area (Å²) in [5.41, 5.74) is 0.220. The predicted octanol–water partition coefficient (Wildman–Crippen LogP) is 0.964. The summed E-state index contributed by atoms with van der Waals surface area (Å²) in [6.45, 7) is 5.71. The van der Waals surface area contributed by atoms with E-state index in [1.165, 1.54) is 28.9 Å². The van der Waals surface area contributed by atoms with Crippen LogP contribution in [0.4, 0.5) is 14.9 Å². The molecule has 2 atom stereocenters. The minimum absolute atomic E-state index is 0.0241.